The van der Waals surface area contributed by atoms with Crippen molar-refractivity contribution >= 4 is 28.6 Å². The van der Waals surface area contributed by atoms with Gasteiger partial charge in [-0.05, 0) is 31.2 Å². The van der Waals surface area contributed by atoms with E-state index in [2.05, 4.69) is 10.3 Å². The number of carbonyl (C=O) groups excluding carboxylic acids is 2. The second-order valence-corrected chi connectivity index (χ2v) is 6.97. The Labute approximate surface area is 173 Å². The number of anilines is 1. The number of aromatic nitrogens is 1. The molecule has 0 spiro atoms. The molecule has 3 aromatic rings. The Hall–Kier alpha value is -3.59. The van der Waals surface area contributed by atoms with Crippen LogP contribution in [0.4, 0.5) is 5.82 Å². The summed E-state index contributed by atoms with van der Waals surface area (Å²) >= 11 is 0. The van der Waals surface area contributed by atoms with Crippen molar-refractivity contribution in [3.8, 4) is 5.75 Å². The van der Waals surface area contributed by atoms with Crippen LogP contribution in [0.2, 0.25) is 0 Å². The molecule has 1 atom stereocenters. The molecule has 9 nitrogen and oxygen atoms in total. The van der Waals surface area contributed by atoms with Gasteiger partial charge in [-0.1, -0.05) is 6.07 Å². The standard InChI is InChI=1S/C21H24N4O5/c1-12-18(21(28)24-16(10-26)19(22)27)15-9-14(6-7-17(15)30-12)29-11-13-5-4-8-23-20(13)25(2)3/h4-9,16,26H,10-11H2,1-3H3,(H2,22,27)(H,24,28). The Morgan fingerprint density at radius 1 is 1.33 bits per heavy atom. The van der Waals surface area contributed by atoms with Gasteiger partial charge in [-0.3, -0.25) is 9.59 Å². The summed E-state index contributed by atoms with van der Waals surface area (Å²) in [5.41, 5.74) is 6.85. The molecule has 9 heteroatoms. The minimum absolute atomic E-state index is 0.255. The average Bonchev–Trinajstić information content (AvgIpc) is 3.05. The molecule has 0 fully saturated rings. The Kier molecular flexibility index (Phi) is 6.22. The lowest BCUT2D eigenvalue weighted by Gasteiger charge is -2.16. The highest BCUT2D eigenvalue weighted by molar-refractivity contribution is 6.08. The van der Waals surface area contributed by atoms with Gasteiger partial charge in [0.1, 0.15) is 35.6 Å². The van der Waals surface area contributed by atoms with E-state index in [1.807, 2.05) is 31.1 Å². The topological polar surface area (TPSA) is 131 Å². The quantitative estimate of drug-likeness (QED) is 0.509. The number of benzene rings is 1. The number of aliphatic hydroxyl groups excluding tert-OH is 1. The molecule has 0 aliphatic heterocycles. The van der Waals surface area contributed by atoms with Crippen LogP contribution < -0.4 is 20.7 Å². The molecule has 0 radical (unpaired) electrons. The third-order valence-electron chi connectivity index (χ3n) is 4.58. The van der Waals surface area contributed by atoms with Crippen LogP contribution in [0.25, 0.3) is 11.0 Å². The molecule has 0 saturated carbocycles. The molecule has 0 aliphatic rings. The first-order valence-electron chi connectivity index (χ1n) is 9.30. The first kappa shape index (κ1) is 21.1. The first-order chi connectivity index (χ1) is 14.3. The molecule has 2 amide bonds. The number of nitrogens with two attached hydrogens (primary N) is 1. The van der Waals surface area contributed by atoms with E-state index in [1.165, 1.54) is 0 Å². The predicted molar refractivity (Wildman–Crippen MR) is 111 cm³/mol. The number of primary amides is 1. The van der Waals surface area contributed by atoms with Crippen LogP contribution in [0.3, 0.4) is 0 Å². The summed E-state index contributed by atoms with van der Waals surface area (Å²) in [6.07, 6.45) is 1.72. The van der Waals surface area contributed by atoms with Crippen molar-refractivity contribution < 1.29 is 23.8 Å². The average molecular weight is 412 g/mol. The number of hydrogen-bond donors (Lipinski definition) is 3. The molecule has 2 aromatic heterocycles. The van der Waals surface area contributed by atoms with Crippen molar-refractivity contribution in [3.05, 3.63) is 53.4 Å². The highest BCUT2D eigenvalue weighted by atomic mass is 16.5. The number of rotatable bonds is 8. The number of nitrogens with one attached hydrogen (secondary N) is 1. The number of pyridine rings is 1. The molecule has 0 aliphatic carbocycles. The van der Waals surface area contributed by atoms with E-state index in [0.717, 1.165) is 11.4 Å². The number of aryl methyl sites for hydroxylation is 1. The molecule has 0 saturated heterocycles. The number of hydrogen-bond acceptors (Lipinski definition) is 7. The van der Waals surface area contributed by atoms with Crippen molar-refractivity contribution in [2.24, 2.45) is 5.73 Å². The summed E-state index contributed by atoms with van der Waals surface area (Å²) in [5, 5.41) is 12.2. The third kappa shape index (κ3) is 4.36. The van der Waals surface area contributed by atoms with Crippen LogP contribution in [-0.4, -0.2) is 48.6 Å². The lowest BCUT2D eigenvalue weighted by molar-refractivity contribution is -0.120. The largest absolute Gasteiger partial charge is 0.489 e. The van der Waals surface area contributed by atoms with Gasteiger partial charge in [0.25, 0.3) is 5.91 Å². The summed E-state index contributed by atoms with van der Waals surface area (Å²) < 4.78 is 11.6. The zero-order chi connectivity index (χ0) is 21.8. The number of aliphatic hydroxyl groups is 1. The molecular weight excluding hydrogens is 388 g/mol. The minimum atomic E-state index is -1.18. The van der Waals surface area contributed by atoms with Crippen molar-refractivity contribution in [3.63, 3.8) is 0 Å². The van der Waals surface area contributed by atoms with Gasteiger partial charge < -0.3 is 30.2 Å². The minimum Gasteiger partial charge on any atom is -0.489 e. The summed E-state index contributed by atoms with van der Waals surface area (Å²) in [5.74, 6) is 0.332. The second-order valence-electron chi connectivity index (χ2n) is 6.97. The molecule has 1 aromatic carbocycles. The van der Waals surface area contributed by atoms with Crippen LogP contribution in [-0.2, 0) is 11.4 Å². The van der Waals surface area contributed by atoms with E-state index in [0.29, 0.717) is 29.1 Å². The van der Waals surface area contributed by atoms with E-state index >= 15 is 0 Å². The first-order valence-corrected chi connectivity index (χ1v) is 9.30. The summed E-state index contributed by atoms with van der Waals surface area (Å²) in [4.78, 5) is 30.3. The Morgan fingerprint density at radius 2 is 2.10 bits per heavy atom. The lowest BCUT2D eigenvalue weighted by Crippen LogP contribution is -2.46. The molecular formula is C21H24N4O5. The number of fused-ring (bicyclic) bond motifs is 1. The van der Waals surface area contributed by atoms with E-state index < -0.39 is 24.5 Å². The molecule has 158 valence electrons. The number of furan rings is 1. The van der Waals surface area contributed by atoms with Gasteiger partial charge in [-0.15, -0.1) is 0 Å². The van der Waals surface area contributed by atoms with Crippen molar-refractivity contribution in [1.82, 2.24) is 10.3 Å². The maximum Gasteiger partial charge on any atom is 0.256 e. The maximum atomic E-state index is 12.7. The van der Waals surface area contributed by atoms with Crippen LogP contribution in [0.1, 0.15) is 21.7 Å². The third-order valence-corrected chi connectivity index (χ3v) is 4.58. The fourth-order valence-corrected chi connectivity index (χ4v) is 3.11. The summed E-state index contributed by atoms with van der Waals surface area (Å²) in [6.45, 7) is 1.34. The highest BCUT2D eigenvalue weighted by Gasteiger charge is 2.23. The van der Waals surface area contributed by atoms with Crippen molar-refractivity contribution in [2.45, 2.75) is 19.6 Å². The number of ether oxygens (including phenoxy) is 1. The molecule has 3 rings (SSSR count). The normalized spacial score (nSPS) is 11.9. The van der Waals surface area contributed by atoms with Crippen LogP contribution in [0.15, 0.2) is 40.9 Å². The zero-order valence-corrected chi connectivity index (χ0v) is 17.0. The zero-order valence-electron chi connectivity index (χ0n) is 17.0. The summed E-state index contributed by atoms with van der Waals surface area (Å²) in [6, 6.07) is 7.75. The predicted octanol–water partition coefficient (Wildman–Crippen LogP) is 1.36. The van der Waals surface area contributed by atoms with Gasteiger partial charge in [-0.25, -0.2) is 4.98 Å². The van der Waals surface area contributed by atoms with Gasteiger partial charge in [0, 0.05) is 31.2 Å². The van der Waals surface area contributed by atoms with E-state index in [4.69, 9.17) is 14.9 Å². The lowest BCUT2D eigenvalue weighted by atomic mass is 10.1. The summed E-state index contributed by atoms with van der Waals surface area (Å²) in [7, 11) is 3.81. The van der Waals surface area contributed by atoms with E-state index in [-0.39, 0.29) is 5.56 Å². The monoisotopic (exact) mass is 412 g/mol. The number of amides is 2. The van der Waals surface area contributed by atoms with Gasteiger partial charge in [0.15, 0.2) is 0 Å². The maximum absolute atomic E-state index is 12.7. The van der Waals surface area contributed by atoms with Crippen LogP contribution in [0, 0.1) is 6.92 Å². The Balaban J connectivity index is 1.86. The van der Waals surface area contributed by atoms with Gasteiger partial charge in [-0.2, -0.15) is 0 Å². The van der Waals surface area contributed by atoms with Gasteiger partial charge in [0.05, 0.1) is 12.2 Å². The Bertz CT molecular complexity index is 1080. The Morgan fingerprint density at radius 3 is 2.77 bits per heavy atom. The van der Waals surface area contributed by atoms with Crippen LogP contribution in [0.5, 0.6) is 5.75 Å². The molecule has 0 bridgehead atoms. The van der Waals surface area contributed by atoms with Crippen molar-refractivity contribution in [1.29, 1.82) is 0 Å². The number of nitrogens with zero attached hydrogens (tertiary/aromatic N) is 2. The molecule has 4 N–H and O–H groups in total. The number of carbonyl (C=O) groups is 2. The molecule has 30 heavy (non-hydrogen) atoms. The van der Waals surface area contributed by atoms with E-state index in [1.54, 1.807) is 31.3 Å². The van der Waals surface area contributed by atoms with E-state index in [9.17, 15) is 14.7 Å². The fraction of sp³-hybridized carbons (Fsp3) is 0.286. The second kappa shape index (κ2) is 8.83. The highest BCUT2D eigenvalue weighted by Crippen LogP contribution is 2.30. The fourth-order valence-electron chi connectivity index (χ4n) is 3.11. The SMILES string of the molecule is Cc1oc2ccc(OCc3cccnc3N(C)C)cc2c1C(=O)NC(CO)C(N)=O. The van der Waals surface area contributed by atoms with Gasteiger partial charge in [0.2, 0.25) is 5.91 Å². The molecule has 1 unspecified atom stereocenters. The molecule has 2 heterocycles. The van der Waals surface area contributed by atoms with Crippen molar-refractivity contribution in [2.75, 3.05) is 25.6 Å². The van der Waals surface area contributed by atoms with Crippen LogP contribution >= 0.6 is 0 Å². The van der Waals surface area contributed by atoms with Gasteiger partial charge >= 0.3 is 0 Å². The smallest absolute Gasteiger partial charge is 0.256 e.